The maximum Gasteiger partial charge on any atom is 0.333 e. The highest BCUT2D eigenvalue weighted by atomic mass is 16.7. The summed E-state index contributed by atoms with van der Waals surface area (Å²) in [7, 11) is 3.29. The van der Waals surface area contributed by atoms with Gasteiger partial charge >= 0.3 is 5.97 Å². The highest BCUT2D eigenvalue weighted by Gasteiger charge is 2.49. The van der Waals surface area contributed by atoms with Crippen LogP contribution in [-0.4, -0.2) is 37.9 Å². The van der Waals surface area contributed by atoms with Gasteiger partial charge in [-0.2, -0.15) is 0 Å². The second-order valence-electron chi connectivity index (χ2n) is 10.4. The van der Waals surface area contributed by atoms with Crippen LogP contribution in [0.25, 0.3) is 0 Å². The number of cyclic esters (lactones) is 1. The minimum atomic E-state index is -1.20. The maximum atomic E-state index is 11.3. The van der Waals surface area contributed by atoms with Gasteiger partial charge in [-0.3, -0.25) is 0 Å². The Kier molecular flexibility index (Phi) is 7.85. The summed E-state index contributed by atoms with van der Waals surface area (Å²) in [5, 5.41) is 9.77. The number of carbonyl (C=O) groups excluding carboxylic acids is 1. The zero-order chi connectivity index (χ0) is 23.5. The van der Waals surface area contributed by atoms with Gasteiger partial charge in [0.1, 0.15) is 0 Å². The van der Waals surface area contributed by atoms with Crippen molar-refractivity contribution in [3.8, 4) is 0 Å². The molecule has 3 aliphatic rings. The van der Waals surface area contributed by atoms with E-state index < -0.39 is 18.5 Å². The molecule has 5 nitrogen and oxygen atoms in total. The number of hydrogen-bond donors (Lipinski definition) is 1. The van der Waals surface area contributed by atoms with Crippen molar-refractivity contribution in [2.75, 3.05) is 14.2 Å². The molecule has 32 heavy (non-hydrogen) atoms. The van der Waals surface area contributed by atoms with E-state index in [1.165, 1.54) is 38.2 Å². The number of aliphatic hydroxyl groups excluding tert-OH is 1. The van der Waals surface area contributed by atoms with Crippen LogP contribution in [-0.2, 0) is 19.0 Å². The van der Waals surface area contributed by atoms with E-state index in [1.54, 1.807) is 31.4 Å². The second kappa shape index (κ2) is 10.1. The Morgan fingerprint density at radius 2 is 2.00 bits per heavy atom. The molecule has 1 heterocycles. The molecule has 0 bridgehead atoms. The average molecular weight is 445 g/mol. The normalized spacial score (nSPS) is 30.7. The summed E-state index contributed by atoms with van der Waals surface area (Å²) in [5.74, 6) is 0.203. The molecular weight excluding hydrogens is 404 g/mol. The molecule has 0 spiro atoms. The number of carbonyl (C=O) groups is 1. The summed E-state index contributed by atoms with van der Waals surface area (Å²) in [6.07, 6.45) is 13.4. The monoisotopic (exact) mass is 444 g/mol. The van der Waals surface area contributed by atoms with Crippen LogP contribution in [0.1, 0.15) is 72.6 Å². The van der Waals surface area contributed by atoms with Gasteiger partial charge in [0.05, 0.1) is 0 Å². The van der Waals surface area contributed by atoms with Gasteiger partial charge in [0.2, 0.25) is 6.29 Å². The van der Waals surface area contributed by atoms with Gasteiger partial charge in [-0.25, -0.2) is 4.79 Å². The zero-order valence-electron chi connectivity index (χ0n) is 20.6. The third-order valence-corrected chi connectivity index (χ3v) is 8.03. The molecule has 2 aliphatic carbocycles. The quantitative estimate of drug-likeness (QED) is 0.228. The Morgan fingerprint density at radius 1 is 1.28 bits per heavy atom. The number of methoxy groups -OCH3 is 2. The van der Waals surface area contributed by atoms with Crippen molar-refractivity contribution >= 4 is 5.97 Å². The van der Waals surface area contributed by atoms with Crippen LogP contribution in [0.3, 0.4) is 0 Å². The molecule has 0 aromatic rings. The smallest absolute Gasteiger partial charge is 0.333 e. The van der Waals surface area contributed by atoms with Crippen LogP contribution in [0.2, 0.25) is 0 Å². The van der Waals surface area contributed by atoms with Gasteiger partial charge in [0, 0.05) is 25.9 Å². The van der Waals surface area contributed by atoms with Crippen molar-refractivity contribution in [3.63, 3.8) is 0 Å². The molecule has 5 heteroatoms. The SMILES string of the molecule is COC(OC)C(=CC=CC1=CC(=O)OC1O)CCC1=C(C)CCC2C(C)(C)CCCC12C. The molecule has 0 aromatic carbocycles. The Balaban J connectivity index is 1.81. The van der Waals surface area contributed by atoms with E-state index in [9.17, 15) is 9.90 Å². The molecule has 0 aromatic heterocycles. The van der Waals surface area contributed by atoms with Gasteiger partial charge in [-0.05, 0) is 67.8 Å². The van der Waals surface area contributed by atoms with Gasteiger partial charge in [-0.1, -0.05) is 56.6 Å². The van der Waals surface area contributed by atoms with Crippen LogP contribution >= 0.6 is 0 Å². The van der Waals surface area contributed by atoms with E-state index in [0.717, 1.165) is 24.3 Å². The number of aliphatic hydroxyl groups is 1. The lowest BCUT2D eigenvalue weighted by Crippen LogP contribution is -2.45. The molecule has 3 rings (SSSR count). The molecule has 1 fully saturated rings. The molecule has 0 amide bonds. The minimum absolute atomic E-state index is 0.261. The Hall–Kier alpha value is -1.69. The van der Waals surface area contributed by atoms with E-state index in [-0.39, 0.29) is 5.41 Å². The van der Waals surface area contributed by atoms with E-state index in [1.807, 2.05) is 12.2 Å². The average Bonchev–Trinajstić information content (AvgIpc) is 3.04. The molecule has 0 saturated heterocycles. The largest absolute Gasteiger partial charge is 0.428 e. The molecular formula is C27H40O5. The number of esters is 1. The van der Waals surface area contributed by atoms with Crippen LogP contribution in [0.15, 0.2) is 46.6 Å². The first-order valence-corrected chi connectivity index (χ1v) is 11.8. The summed E-state index contributed by atoms with van der Waals surface area (Å²) < 4.78 is 15.9. The number of rotatable bonds is 8. The first-order valence-electron chi connectivity index (χ1n) is 11.8. The molecule has 3 unspecified atom stereocenters. The Bertz CT molecular complexity index is 827. The lowest BCUT2D eigenvalue weighted by atomic mass is 9.50. The molecule has 1 aliphatic heterocycles. The van der Waals surface area contributed by atoms with Crippen LogP contribution < -0.4 is 0 Å². The topological polar surface area (TPSA) is 65.0 Å². The fourth-order valence-electron chi connectivity index (χ4n) is 6.47. The molecule has 3 atom stereocenters. The second-order valence-corrected chi connectivity index (χ2v) is 10.4. The standard InChI is InChI=1S/C27H40O5/c1-18-11-14-22-26(2,3)15-8-16-27(22,4)21(18)13-12-19(25(30-5)31-6)9-7-10-20-17-23(28)32-24(20)29/h7,9-10,17,22,24-25,29H,8,11-16H2,1-6H3. The highest BCUT2D eigenvalue weighted by molar-refractivity contribution is 5.86. The Morgan fingerprint density at radius 3 is 2.62 bits per heavy atom. The van der Waals surface area contributed by atoms with Crippen molar-refractivity contribution in [2.45, 2.75) is 85.2 Å². The maximum absolute atomic E-state index is 11.3. The summed E-state index contributed by atoms with van der Waals surface area (Å²) in [6.45, 7) is 9.72. The van der Waals surface area contributed by atoms with E-state index in [4.69, 9.17) is 14.2 Å². The van der Waals surface area contributed by atoms with Crippen molar-refractivity contribution < 1.29 is 24.1 Å². The number of ether oxygens (including phenoxy) is 3. The first kappa shape index (κ1) is 24.9. The molecule has 0 radical (unpaired) electrons. The van der Waals surface area contributed by atoms with Crippen molar-refractivity contribution in [1.29, 1.82) is 0 Å². The van der Waals surface area contributed by atoms with Gasteiger partial charge in [-0.15, -0.1) is 0 Å². The number of hydrogen-bond acceptors (Lipinski definition) is 5. The lowest BCUT2D eigenvalue weighted by molar-refractivity contribution is -0.150. The van der Waals surface area contributed by atoms with Gasteiger partial charge in [0.25, 0.3) is 0 Å². The van der Waals surface area contributed by atoms with Gasteiger partial charge < -0.3 is 19.3 Å². The first-order chi connectivity index (χ1) is 15.1. The van der Waals surface area contributed by atoms with Gasteiger partial charge in [0.15, 0.2) is 6.29 Å². The summed E-state index contributed by atoms with van der Waals surface area (Å²) in [6, 6.07) is 0. The van der Waals surface area contributed by atoms with E-state index in [0.29, 0.717) is 11.0 Å². The molecule has 1 N–H and O–H groups in total. The third-order valence-electron chi connectivity index (χ3n) is 8.03. The van der Waals surface area contributed by atoms with Crippen molar-refractivity contribution in [3.05, 3.63) is 46.6 Å². The van der Waals surface area contributed by atoms with Crippen molar-refractivity contribution in [2.24, 2.45) is 16.7 Å². The molecule has 178 valence electrons. The third kappa shape index (κ3) is 5.11. The summed E-state index contributed by atoms with van der Waals surface area (Å²) in [5.41, 5.74) is 5.30. The van der Waals surface area contributed by atoms with Crippen LogP contribution in [0.5, 0.6) is 0 Å². The number of allylic oxidation sites excluding steroid dienone is 4. The minimum Gasteiger partial charge on any atom is -0.428 e. The highest BCUT2D eigenvalue weighted by Crippen LogP contribution is 2.60. The number of fused-ring (bicyclic) bond motifs is 1. The van der Waals surface area contributed by atoms with Crippen LogP contribution in [0.4, 0.5) is 0 Å². The summed E-state index contributed by atoms with van der Waals surface area (Å²) >= 11 is 0. The zero-order valence-corrected chi connectivity index (χ0v) is 20.6. The van der Waals surface area contributed by atoms with Crippen LogP contribution in [0, 0.1) is 16.7 Å². The predicted octanol–water partition coefficient (Wildman–Crippen LogP) is 5.61. The fourth-order valence-corrected chi connectivity index (χ4v) is 6.47. The Labute approximate surface area is 193 Å². The molecule has 1 saturated carbocycles. The van der Waals surface area contributed by atoms with E-state index >= 15 is 0 Å². The fraction of sp³-hybridized carbons (Fsp3) is 0.667. The van der Waals surface area contributed by atoms with E-state index in [2.05, 4.69) is 27.7 Å². The predicted molar refractivity (Wildman–Crippen MR) is 126 cm³/mol. The lowest BCUT2D eigenvalue weighted by Gasteiger charge is -2.55. The van der Waals surface area contributed by atoms with Crippen molar-refractivity contribution in [1.82, 2.24) is 0 Å². The summed E-state index contributed by atoms with van der Waals surface area (Å²) in [4.78, 5) is 11.3.